The van der Waals surface area contributed by atoms with Crippen molar-refractivity contribution in [3.05, 3.63) is 29.6 Å². The third-order valence-corrected chi connectivity index (χ3v) is 3.65. The molecule has 1 atom stereocenters. The normalized spacial score (nSPS) is 23.1. The zero-order valence-electron chi connectivity index (χ0n) is 11.1. The molecule has 7 heteroatoms. The molecule has 110 valence electrons. The number of nitrogens with two attached hydrogens (primary N) is 1. The molecule has 2 rings (SSSR count). The minimum Gasteiger partial charge on any atom is -0.337 e. The van der Waals surface area contributed by atoms with Crippen molar-refractivity contribution in [1.29, 1.82) is 0 Å². The molecule has 1 amide bonds. The van der Waals surface area contributed by atoms with Crippen LogP contribution in [0.3, 0.4) is 0 Å². The molecule has 0 spiro atoms. The van der Waals surface area contributed by atoms with Crippen molar-refractivity contribution in [2.45, 2.75) is 19.5 Å². The average molecular weight is 287 g/mol. The molecule has 0 aromatic carbocycles. The number of halogens is 3. The number of aromatic nitrogens is 1. The fraction of sp³-hybridized carbons (Fsp3) is 0.538. The second-order valence-electron chi connectivity index (χ2n) is 5.42. The van der Waals surface area contributed by atoms with Crippen molar-refractivity contribution in [3.8, 4) is 0 Å². The van der Waals surface area contributed by atoms with Crippen LogP contribution in [0.2, 0.25) is 0 Å². The summed E-state index contributed by atoms with van der Waals surface area (Å²) in [6, 6.07) is 1.99. The molecule has 0 saturated carbocycles. The summed E-state index contributed by atoms with van der Waals surface area (Å²) >= 11 is 0. The van der Waals surface area contributed by atoms with E-state index in [0.717, 1.165) is 18.6 Å². The smallest absolute Gasteiger partial charge is 0.337 e. The highest BCUT2D eigenvalue weighted by molar-refractivity contribution is 5.92. The number of carbonyl (C=O) groups is 1. The van der Waals surface area contributed by atoms with Crippen molar-refractivity contribution in [3.63, 3.8) is 0 Å². The maximum Gasteiger partial charge on any atom is 0.417 e. The van der Waals surface area contributed by atoms with Crippen molar-refractivity contribution >= 4 is 5.91 Å². The summed E-state index contributed by atoms with van der Waals surface area (Å²) in [5, 5.41) is 0. The van der Waals surface area contributed by atoms with Gasteiger partial charge in [-0.05, 0) is 30.5 Å². The van der Waals surface area contributed by atoms with Gasteiger partial charge in [0, 0.05) is 19.3 Å². The van der Waals surface area contributed by atoms with Gasteiger partial charge in [-0.3, -0.25) is 9.78 Å². The van der Waals surface area contributed by atoms with E-state index in [4.69, 9.17) is 5.73 Å². The van der Waals surface area contributed by atoms with Crippen molar-refractivity contribution in [2.75, 3.05) is 19.6 Å². The Morgan fingerprint density at radius 3 is 2.65 bits per heavy atom. The lowest BCUT2D eigenvalue weighted by Gasteiger charge is -2.22. The van der Waals surface area contributed by atoms with Gasteiger partial charge in [0.05, 0.1) is 5.56 Å². The molecule has 4 nitrogen and oxygen atoms in total. The summed E-state index contributed by atoms with van der Waals surface area (Å²) in [5.41, 5.74) is 4.70. The maximum atomic E-state index is 12.4. The molecule has 2 heterocycles. The highest BCUT2D eigenvalue weighted by atomic mass is 19.4. The van der Waals surface area contributed by atoms with Crippen LogP contribution in [-0.4, -0.2) is 35.4 Å². The number of rotatable bonds is 2. The zero-order valence-corrected chi connectivity index (χ0v) is 11.1. The minimum atomic E-state index is -4.44. The van der Waals surface area contributed by atoms with E-state index in [2.05, 4.69) is 4.98 Å². The largest absolute Gasteiger partial charge is 0.417 e. The predicted molar refractivity (Wildman–Crippen MR) is 66.9 cm³/mol. The molecule has 0 radical (unpaired) electrons. The van der Waals surface area contributed by atoms with Crippen LogP contribution in [0.4, 0.5) is 13.2 Å². The molecule has 20 heavy (non-hydrogen) atoms. The third-order valence-electron chi connectivity index (χ3n) is 3.65. The lowest BCUT2D eigenvalue weighted by atomic mass is 9.90. The fourth-order valence-corrected chi connectivity index (χ4v) is 2.21. The first-order valence-electron chi connectivity index (χ1n) is 6.28. The van der Waals surface area contributed by atoms with E-state index >= 15 is 0 Å². The predicted octanol–water partition coefficient (Wildman–Crippen LogP) is 1.91. The minimum absolute atomic E-state index is 0.0271. The quantitative estimate of drug-likeness (QED) is 0.904. The molecule has 1 fully saturated rings. The Hall–Kier alpha value is -1.63. The van der Waals surface area contributed by atoms with Crippen LogP contribution in [0.1, 0.15) is 29.4 Å². The first-order chi connectivity index (χ1) is 9.25. The number of nitrogens with zero attached hydrogens (tertiary/aromatic N) is 2. The van der Waals surface area contributed by atoms with E-state index in [1.165, 1.54) is 0 Å². The molecule has 0 aliphatic carbocycles. The van der Waals surface area contributed by atoms with Crippen molar-refractivity contribution < 1.29 is 18.0 Å². The number of alkyl halides is 3. The molecule has 1 aliphatic heterocycles. The van der Waals surface area contributed by atoms with Gasteiger partial charge in [-0.25, -0.2) is 0 Å². The summed E-state index contributed by atoms with van der Waals surface area (Å²) in [6.45, 7) is 3.51. The lowest BCUT2D eigenvalue weighted by molar-refractivity contribution is -0.137. The number of hydrogen-bond donors (Lipinski definition) is 1. The monoisotopic (exact) mass is 287 g/mol. The van der Waals surface area contributed by atoms with E-state index in [0.29, 0.717) is 25.8 Å². The van der Waals surface area contributed by atoms with Crippen LogP contribution in [0.25, 0.3) is 0 Å². The van der Waals surface area contributed by atoms with Crippen LogP contribution in [0.15, 0.2) is 18.3 Å². The second kappa shape index (κ2) is 5.05. The highest BCUT2D eigenvalue weighted by Crippen LogP contribution is 2.30. The molecule has 1 aromatic rings. The standard InChI is InChI=1S/C13H16F3N3O/c1-12(7-17)4-5-19(8-12)11(20)10-3-2-9(6-18-10)13(14,15)16/h2-3,6H,4-5,7-8,17H2,1H3. The first kappa shape index (κ1) is 14.8. The van der Waals surface area contributed by atoms with Crippen LogP contribution in [0.5, 0.6) is 0 Å². The number of carbonyl (C=O) groups excluding carboxylic acids is 1. The number of pyridine rings is 1. The van der Waals surface area contributed by atoms with Gasteiger partial charge in [0.25, 0.3) is 5.91 Å². The van der Waals surface area contributed by atoms with E-state index in [1.807, 2.05) is 6.92 Å². The number of likely N-dealkylation sites (tertiary alicyclic amines) is 1. The molecule has 0 bridgehead atoms. The molecule has 1 unspecified atom stereocenters. The lowest BCUT2D eigenvalue weighted by Crippen LogP contribution is -2.34. The van der Waals surface area contributed by atoms with Crippen LogP contribution >= 0.6 is 0 Å². The van der Waals surface area contributed by atoms with Gasteiger partial charge < -0.3 is 10.6 Å². The van der Waals surface area contributed by atoms with Crippen molar-refractivity contribution in [1.82, 2.24) is 9.88 Å². The summed E-state index contributed by atoms with van der Waals surface area (Å²) in [5.74, 6) is -0.351. The first-order valence-corrected chi connectivity index (χ1v) is 6.28. The molecule has 1 saturated heterocycles. The SMILES string of the molecule is CC1(CN)CCN(C(=O)c2ccc(C(F)(F)F)cn2)C1. The fourth-order valence-electron chi connectivity index (χ4n) is 2.21. The third kappa shape index (κ3) is 2.92. The van der Waals surface area contributed by atoms with Gasteiger partial charge in [-0.15, -0.1) is 0 Å². The Kier molecular flexibility index (Phi) is 3.73. The van der Waals surface area contributed by atoms with Gasteiger partial charge in [0.1, 0.15) is 5.69 Å². The van der Waals surface area contributed by atoms with E-state index in [-0.39, 0.29) is 17.0 Å². The number of hydrogen-bond acceptors (Lipinski definition) is 3. The van der Waals surface area contributed by atoms with E-state index in [9.17, 15) is 18.0 Å². The van der Waals surface area contributed by atoms with Gasteiger partial charge in [-0.2, -0.15) is 13.2 Å². The topological polar surface area (TPSA) is 59.2 Å². The average Bonchev–Trinajstić information content (AvgIpc) is 2.80. The molecular weight excluding hydrogens is 271 g/mol. The zero-order chi connectivity index (χ0) is 15.0. The van der Waals surface area contributed by atoms with Gasteiger partial charge >= 0.3 is 6.18 Å². The van der Waals surface area contributed by atoms with Crippen LogP contribution < -0.4 is 5.73 Å². The summed E-state index contributed by atoms with van der Waals surface area (Å²) < 4.78 is 37.3. The Morgan fingerprint density at radius 2 is 2.20 bits per heavy atom. The van der Waals surface area contributed by atoms with Crippen molar-refractivity contribution in [2.24, 2.45) is 11.1 Å². The van der Waals surface area contributed by atoms with Crippen LogP contribution in [0, 0.1) is 5.41 Å². The van der Waals surface area contributed by atoms with E-state index < -0.39 is 11.7 Å². The number of amides is 1. The molecule has 2 N–H and O–H groups in total. The highest BCUT2D eigenvalue weighted by Gasteiger charge is 2.36. The molecular formula is C13H16F3N3O. The maximum absolute atomic E-state index is 12.4. The Labute approximate surface area is 114 Å². The van der Waals surface area contributed by atoms with Gasteiger partial charge in [0.15, 0.2) is 0 Å². The van der Waals surface area contributed by atoms with Gasteiger partial charge in [-0.1, -0.05) is 6.92 Å². The summed E-state index contributed by atoms with van der Waals surface area (Å²) in [4.78, 5) is 17.4. The van der Waals surface area contributed by atoms with E-state index in [1.54, 1.807) is 4.90 Å². The van der Waals surface area contributed by atoms with Crippen LogP contribution in [-0.2, 0) is 6.18 Å². The second-order valence-corrected chi connectivity index (χ2v) is 5.42. The Bertz CT molecular complexity index is 501. The summed E-state index contributed by atoms with van der Waals surface area (Å²) in [6.07, 6.45) is -2.97. The Morgan fingerprint density at radius 1 is 1.50 bits per heavy atom. The summed E-state index contributed by atoms with van der Waals surface area (Å²) in [7, 11) is 0. The molecule has 1 aliphatic rings. The molecule has 1 aromatic heterocycles. The Balaban J connectivity index is 2.11. The van der Waals surface area contributed by atoms with Gasteiger partial charge in [0.2, 0.25) is 0 Å².